The first-order valence-electron chi connectivity index (χ1n) is 9.59. The highest BCUT2D eigenvalue weighted by Gasteiger charge is 2.28. The van der Waals surface area contributed by atoms with E-state index in [9.17, 15) is 13.2 Å². The summed E-state index contributed by atoms with van der Waals surface area (Å²) < 4.78 is 38.0. The van der Waals surface area contributed by atoms with Gasteiger partial charge in [-0.2, -0.15) is 4.31 Å². The van der Waals surface area contributed by atoms with Gasteiger partial charge in [-0.25, -0.2) is 8.42 Å². The van der Waals surface area contributed by atoms with Crippen molar-refractivity contribution in [2.75, 3.05) is 52.8 Å². The van der Waals surface area contributed by atoms with Gasteiger partial charge in [0.1, 0.15) is 0 Å². The number of carbonyl (C=O) groups excluding carboxylic acids is 1. The molecular weight excluding hydrogens is 406 g/mol. The van der Waals surface area contributed by atoms with E-state index in [2.05, 4.69) is 10.2 Å². The van der Waals surface area contributed by atoms with Crippen molar-refractivity contribution in [3.63, 3.8) is 0 Å². The van der Waals surface area contributed by atoms with E-state index in [-0.39, 0.29) is 4.90 Å². The molecule has 30 heavy (non-hydrogen) atoms. The number of anilines is 1. The smallest absolute Gasteiger partial charge is 0.255 e. The quantitative estimate of drug-likeness (QED) is 0.752. The third kappa shape index (κ3) is 4.58. The second-order valence-electron chi connectivity index (χ2n) is 7.21. The van der Waals surface area contributed by atoms with Crippen LogP contribution in [0.15, 0.2) is 41.3 Å². The van der Waals surface area contributed by atoms with Crippen LogP contribution in [0, 0.1) is 6.92 Å². The number of hydrogen-bond acceptors (Lipinski definition) is 6. The summed E-state index contributed by atoms with van der Waals surface area (Å²) in [6, 6.07) is 9.69. The Kier molecular flexibility index (Phi) is 6.64. The Morgan fingerprint density at radius 1 is 0.967 bits per heavy atom. The fraction of sp³-hybridized carbons (Fsp3) is 0.381. The number of methoxy groups -OCH3 is 2. The van der Waals surface area contributed by atoms with E-state index in [0.717, 1.165) is 0 Å². The van der Waals surface area contributed by atoms with Crippen molar-refractivity contribution in [1.29, 1.82) is 0 Å². The Hall–Kier alpha value is -2.62. The number of benzene rings is 2. The molecule has 1 aliphatic heterocycles. The minimum Gasteiger partial charge on any atom is -0.493 e. The van der Waals surface area contributed by atoms with E-state index in [0.29, 0.717) is 54.5 Å². The van der Waals surface area contributed by atoms with Gasteiger partial charge in [-0.1, -0.05) is 6.07 Å². The van der Waals surface area contributed by atoms with Crippen LogP contribution < -0.4 is 14.8 Å². The standard InChI is InChI=1S/C21H27N3O5S/c1-15-5-7-17(30(26,27)24-11-9-23(2)10-12-24)14-18(15)21(25)22-16-6-8-19(28-3)20(13-16)29-4/h5-8,13-14H,9-12H2,1-4H3,(H,22,25). The molecule has 1 N–H and O–H groups in total. The summed E-state index contributed by atoms with van der Waals surface area (Å²) in [5, 5.41) is 2.80. The van der Waals surface area contributed by atoms with Gasteiger partial charge in [-0.05, 0) is 43.8 Å². The van der Waals surface area contributed by atoms with Gasteiger partial charge in [0, 0.05) is 43.5 Å². The van der Waals surface area contributed by atoms with Crippen LogP contribution in [0.5, 0.6) is 11.5 Å². The maximum absolute atomic E-state index is 13.0. The van der Waals surface area contributed by atoms with Crippen LogP contribution in [-0.4, -0.2) is 71.0 Å². The molecule has 1 aliphatic rings. The molecule has 8 nitrogen and oxygen atoms in total. The normalized spacial score (nSPS) is 15.6. The van der Waals surface area contributed by atoms with Crippen molar-refractivity contribution in [2.45, 2.75) is 11.8 Å². The number of nitrogens with one attached hydrogen (secondary N) is 1. The summed E-state index contributed by atoms with van der Waals surface area (Å²) in [5.41, 5.74) is 1.51. The van der Waals surface area contributed by atoms with Gasteiger partial charge in [-0.15, -0.1) is 0 Å². The zero-order chi connectivity index (χ0) is 21.9. The third-order valence-electron chi connectivity index (χ3n) is 5.20. The number of hydrogen-bond donors (Lipinski definition) is 1. The van der Waals surface area contributed by atoms with Crippen LogP contribution in [0.2, 0.25) is 0 Å². The van der Waals surface area contributed by atoms with Crippen molar-refractivity contribution < 1.29 is 22.7 Å². The summed E-state index contributed by atoms with van der Waals surface area (Å²) in [6.45, 7) is 3.99. The van der Waals surface area contributed by atoms with Crippen LogP contribution in [0.1, 0.15) is 15.9 Å². The number of amides is 1. The largest absolute Gasteiger partial charge is 0.493 e. The molecule has 9 heteroatoms. The fourth-order valence-electron chi connectivity index (χ4n) is 3.30. The number of nitrogens with zero attached hydrogens (tertiary/aromatic N) is 2. The lowest BCUT2D eigenvalue weighted by Gasteiger charge is -2.31. The minimum absolute atomic E-state index is 0.120. The Bertz CT molecular complexity index is 1030. The number of ether oxygens (including phenoxy) is 2. The third-order valence-corrected chi connectivity index (χ3v) is 7.09. The SMILES string of the molecule is COc1ccc(NC(=O)c2cc(S(=O)(=O)N3CCN(C)CC3)ccc2C)cc1OC. The van der Waals surface area contributed by atoms with Gasteiger partial charge < -0.3 is 19.7 Å². The molecule has 0 atom stereocenters. The van der Waals surface area contributed by atoms with E-state index < -0.39 is 15.9 Å². The molecule has 0 aliphatic carbocycles. The van der Waals surface area contributed by atoms with E-state index in [1.54, 1.807) is 37.3 Å². The van der Waals surface area contributed by atoms with Crippen LogP contribution in [-0.2, 0) is 10.0 Å². The first-order valence-corrected chi connectivity index (χ1v) is 11.0. The molecule has 1 saturated heterocycles. The van der Waals surface area contributed by atoms with Crippen LogP contribution >= 0.6 is 0 Å². The molecule has 2 aromatic carbocycles. The van der Waals surface area contributed by atoms with E-state index in [1.165, 1.54) is 24.6 Å². The number of carbonyl (C=O) groups is 1. The predicted octanol–water partition coefficient (Wildman–Crippen LogP) is 2.20. The van der Waals surface area contributed by atoms with Gasteiger partial charge in [-0.3, -0.25) is 4.79 Å². The molecule has 0 unspecified atom stereocenters. The van der Waals surface area contributed by atoms with Crippen LogP contribution in [0.4, 0.5) is 5.69 Å². The van der Waals surface area contributed by atoms with Crippen molar-refractivity contribution in [3.05, 3.63) is 47.5 Å². The summed E-state index contributed by atoms with van der Waals surface area (Å²) in [6.07, 6.45) is 0. The molecule has 0 aromatic heterocycles. The van der Waals surface area contributed by atoms with E-state index in [1.807, 2.05) is 7.05 Å². The monoisotopic (exact) mass is 433 g/mol. The summed E-state index contributed by atoms with van der Waals surface area (Å²) >= 11 is 0. The molecule has 3 rings (SSSR count). The molecule has 1 fully saturated rings. The predicted molar refractivity (Wildman–Crippen MR) is 115 cm³/mol. The highest BCUT2D eigenvalue weighted by molar-refractivity contribution is 7.89. The first kappa shape index (κ1) is 22.1. The zero-order valence-corrected chi connectivity index (χ0v) is 18.5. The number of rotatable bonds is 6. The zero-order valence-electron chi connectivity index (χ0n) is 17.6. The van der Waals surface area contributed by atoms with Gasteiger partial charge in [0.25, 0.3) is 5.91 Å². The Morgan fingerprint density at radius 3 is 2.27 bits per heavy atom. The summed E-state index contributed by atoms with van der Waals surface area (Å²) in [7, 11) is 1.35. The maximum Gasteiger partial charge on any atom is 0.255 e. The van der Waals surface area contributed by atoms with Crippen molar-refractivity contribution >= 4 is 21.6 Å². The molecule has 1 heterocycles. The molecular formula is C21H27N3O5S. The second kappa shape index (κ2) is 9.03. The lowest BCUT2D eigenvalue weighted by atomic mass is 10.1. The first-order chi connectivity index (χ1) is 14.3. The van der Waals surface area contributed by atoms with E-state index in [4.69, 9.17) is 9.47 Å². The van der Waals surface area contributed by atoms with Crippen molar-refractivity contribution in [1.82, 2.24) is 9.21 Å². The molecule has 0 saturated carbocycles. The summed E-state index contributed by atoms with van der Waals surface area (Å²) in [4.78, 5) is 15.1. The number of sulfonamides is 1. The molecule has 162 valence electrons. The van der Waals surface area contributed by atoms with Gasteiger partial charge >= 0.3 is 0 Å². The average molecular weight is 434 g/mol. The number of piperazine rings is 1. The van der Waals surface area contributed by atoms with E-state index >= 15 is 0 Å². The Balaban J connectivity index is 1.85. The van der Waals surface area contributed by atoms with Crippen molar-refractivity contribution in [3.8, 4) is 11.5 Å². The fourth-order valence-corrected chi connectivity index (χ4v) is 4.75. The lowest BCUT2D eigenvalue weighted by molar-refractivity contribution is 0.102. The minimum atomic E-state index is -3.66. The second-order valence-corrected chi connectivity index (χ2v) is 9.15. The molecule has 0 radical (unpaired) electrons. The topological polar surface area (TPSA) is 88.2 Å². The van der Waals surface area contributed by atoms with Crippen molar-refractivity contribution in [2.24, 2.45) is 0 Å². The molecule has 1 amide bonds. The summed E-state index contributed by atoms with van der Waals surface area (Å²) in [5.74, 6) is 0.639. The highest BCUT2D eigenvalue weighted by atomic mass is 32.2. The number of likely N-dealkylation sites (N-methyl/N-ethyl adjacent to an activating group) is 1. The molecule has 2 aromatic rings. The highest BCUT2D eigenvalue weighted by Crippen LogP contribution is 2.30. The lowest BCUT2D eigenvalue weighted by Crippen LogP contribution is -2.47. The average Bonchev–Trinajstić information content (AvgIpc) is 2.74. The van der Waals surface area contributed by atoms with Crippen LogP contribution in [0.25, 0.3) is 0 Å². The van der Waals surface area contributed by atoms with Gasteiger partial charge in [0.15, 0.2) is 11.5 Å². The Morgan fingerprint density at radius 2 is 1.63 bits per heavy atom. The Labute approximate surface area is 177 Å². The maximum atomic E-state index is 13.0. The number of aryl methyl sites for hydroxylation is 1. The molecule has 0 bridgehead atoms. The molecule has 0 spiro atoms. The van der Waals surface area contributed by atoms with Gasteiger partial charge in [0.2, 0.25) is 10.0 Å². The van der Waals surface area contributed by atoms with Crippen LogP contribution in [0.3, 0.4) is 0 Å². The van der Waals surface area contributed by atoms with Gasteiger partial charge in [0.05, 0.1) is 19.1 Å².